The lowest BCUT2D eigenvalue weighted by Gasteiger charge is -2.21. The van der Waals surface area contributed by atoms with Crippen LogP contribution in [0.2, 0.25) is 0 Å². The van der Waals surface area contributed by atoms with Gasteiger partial charge in [0.2, 0.25) is 5.43 Å². The highest BCUT2D eigenvalue weighted by Crippen LogP contribution is 2.31. The van der Waals surface area contributed by atoms with Crippen LogP contribution in [0.4, 0.5) is 5.69 Å². The maximum absolute atomic E-state index is 11.2. The van der Waals surface area contributed by atoms with Crippen molar-refractivity contribution in [3.8, 4) is 0 Å². The van der Waals surface area contributed by atoms with E-state index in [4.69, 9.17) is 10.5 Å². The van der Waals surface area contributed by atoms with Crippen LogP contribution in [0.25, 0.3) is 0 Å². The molecule has 1 aromatic rings. The molecule has 1 aliphatic rings. The van der Waals surface area contributed by atoms with Gasteiger partial charge in [-0.25, -0.2) is 0 Å². The molecule has 2 unspecified atom stereocenters. The first-order valence-corrected chi connectivity index (χ1v) is 5.22. The topological polar surface area (TPSA) is 57.2 Å². The molecule has 0 aromatic carbocycles. The van der Waals surface area contributed by atoms with E-state index in [1.54, 1.807) is 19.5 Å². The van der Waals surface area contributed by atoms with E-state index in [9.17, 15) is 4.79 Å². The van der Waals surface area contributed by atoms with E-state index in [0.717, 1.165) is 19.3 Å². The van der Waals surface area contributed by atoms with Gasteiger partial charge in [0.25, 0.3) is 0 Å². The lowest BCUT2D eigenvalue weighted by molar-refractivity contribution is 0.0748. The molecule has 2 rings (SSSR count). The number of aromatic nitrogens is 1. The number of methoxy groups -OCH3 is 1. The molecule has 82 valence electrons. The first-order chi connectivity index (χ1) is 7.22. The predicted octanol–water partition coefficient (Wildman–Crippen LogP) is 1.17. The smallest absolute Gasteiger partial charge is 0.204 e. The van der Waals surface area contributed by atoms with Crippen molar-refractivity contribution in [2.45, 2.75) is 31.4 Å². The number of hydrogen-bond donors (Lipinski definition) is 1. The lowest BCUT2D eigenvalue weighted by Crippen LogP contribution is -2.22. The second-order valence-corrected chi connectivity index (χ2v) is 3.98. The number of pyridine rings is 1. The molecule has 2 atom stereocenters. The van der Waals surface area contributed by atoms with Crippen LogP contribution in [0.3, 0.4) is 0 Å². The summed E-state index contributed by atoms with van der Waals surface area (Å²) in [4.78, 5) is 11.2. The van der Waals surface area contributed by atoms with Gasteiger partial charge in [0.1, 0.15) is 0 Å². The van der Waals surface area contributed by atoms with E-state index >= 15 is 0 Å². The quantitative estimate of drug-likeness (QED) is 0.793. The summed E-state index contributed by atoms with van der Waals surface area (Å²) >= 11 is 0. The highest BCUT2D eigenvalue weighted by Gasteiger charge is 2.27. The number of nitrogens with zero attached hydrogens (tertiary/aromatic N) is 1. The molecule has 4 heteroatoms. The van der Waals surface area contributed by atoms with Crippen molar-refractivity contribution >= 4 is 5.69 Å². The highest BCUT2D eigenvalue weighted by atomic mass is 16.5. The second-order valence-electron chi connectivity index (χ2n) is 3.98. The van der Waals surface area contributed by atoms with Gasteiger partial charge in [-0.2, -0.15) is 0 Å². The Morgan fingerprint density at radius 1 is 1.53 bits per heavy atom. The average Bonchev–Trinajstić information content (AvgIpc) is 2.70. The number of nitrogens with two attached hydrogens (primary N) is 1. The fraction of sp³-hybridized carbons (Fsp3) is 0.545. The standard InChI is InChI=1S/C11H16N2O2/c1-15-11-4-2-3-9(11)13-6-5-10(14)8(12)7-13/h5-7,9,11H,2-4,12H2,1H3. The lowest BCUT2D eigenvalue weighted by atomic mass is 10.2. The van der Waals surface area contributed by atoms with Gasteiger partial charge in [-0.1, -0.05) is 0 Å². The van der Waals surface area contributed by atoms with Crippen molar-refractivity contribution in [1.29, 1.82) is 0 Å². The third kappa shape index (κ3) is 1.90. The molecule has 2 N–H and O–H groups in total. The molecule has 0 radical (unpaired) electrons. The van der Waals surface area contributed by atoms with Crippen LogP contribution >= 0.6 is 0 Å². The Morgan fingerprint density at radius 3 is 3.00 bits per heavy atom. The Kier molecular flexibility index (Phi) is 2.77. The predicted molar refractivity (Wildman–Crippen MR) is 58.8 cm³/mol. The summed E-state index contributed by atoms with van der Waals surface area (Å²) in [6, 6.07) is 1.83. The summed E-state index contributed by atoms with van der Waals surface area (Å²) in [6.45, 7) is 0. The number of ether oxygens (including phenoxy) is 1. The monoisotopic (exact) mass is 208 g/mol. The molecule has 0 saturated heterocycles. The normalized spacial score (nSPS) is 25.7. The maximum atomic E-state index is 11.2. The third-order valence-electron chi connectivity index (χ3n) is 3.07. The molecule has 1 heterocycles. The average molecular weight is 208 g/mol. The fourth-order valence-electron chi connectivity index (χ4n) is 2.25. The molecule has 0 amide bonds. The summed E-state index contributed by atoms with van der Waals surface area (Å²) in [5.41, 5.74) is 5.79. The summed E-state index contributed by atoms with van der Waals surface area (Å²) in [5.74, 6) is 0. The van der Waals surface area contributed by atoms with Crippen molar-refractivity contribution in [3.05, 3.63) is 28.7 Å². The Bertz CT molecular complexity index is 400. The number of rotatable bonds is 2. The Hall–Kier alpha value is -1.29. The van der Waals surface area contributed by atoms with Gasteiger partial charge in [0.15, 0.2) is 0 Å². The van der Waals surface area contributed by atoms with Crippen molar-refractivity contribution in [3.63, 3.8) is 0 Å². The minimum atomic E-state index is -0.113. The molecule has 1 aliphatic carbocycles. The van der Waals surface area contributed by atoms with Crippen LogP contribution in [0.15, 0.2) is 23.3 Å². The van der Waals surface area contributed by atoms with Crippen molar-refractivity contribution in [2.24, 2.45) is 0 Å². The zero-order valence-electron chi connectivity index (χ0n) is 8.85. The SMILES string of the molecule is COC1CCCC1n1ccc(=O)c(N)c1. The van der Waals surface area contributed by atoms with Crippen molar-refractivity contribution in [2.75, 3.05) is 12.8 Å². The van der Waals surface area contributed by atoms with E-state index < -0.39 is 0 Å². The fourth-order valence-corrected chi connectivity index (χ4v) is 2.25. The van der Waals surface area contributed by atoms with Crippen molar-refractivity contribution < 1.29 is 4.74 Å². The zero-order chi connectivity index (χ0) is 10.8. The second kappa shape index (κ2) is 4.06. The van der Waals surface area contributed by atoms with Gasteiger partial charge < -0.3 is 15.0 Å². The van der Waals surface area contributed by atoms with E-state index in [2.05, 4.69) is 0 Å². The van der Waals surface area contributed by atoms with E-state index in [-0.39, 0.29) is 11.5 Å². The minimum Gasteiger partial charge on any atom is -0.394 e. The summed E-state index contributed by atoms with van der Waals surface area (Å²) < 4.78 is 7.41. The molecule has 1 fully saturated rings. The van der Waals surface area contributed by atoms with E-state index in [1.165, 1.54) is 6.07 Å². The summed E-state index contributed by atoms with van der Waals surface area (Å²) in [5, 5.41) is 0. The maximum Gasteiger partial charge on any atom is 0.204 e. The Balaban J connectivity index is 2.29. The van der Waals surface area contributed by atoms with Crippen molar-refractivity contribution in [1.82, 2.24) is 4.57 Å². The van der Waals surface area contributed by atoms with Crippen LogP contribution in [0.1, 0.15) is 25.3 Å². The number of hydrogen-bond acceptors (Lipinski definition) is 3. The summed E-state index contributed by atoms with van der Waals surface area (Å²) in [7, 11) is 1.73. The third-order valence-corrected chi connectivity index (χ3v) is 3.07. The Morgan fingerprint density at radius 2 is 2.33 bits per heavy atom. The molecule has 1 saturated carbocycles. The van der Waals surface area contributed by atoms with Crippen LogP contribution in [-0.2, 0) is 4.74 Å². The van der Waals surface area contributed by atoms with E-state index in [0.29, 0.717) is 11.7 Å². The molecule has 15 heavy (non-hydrogen) atoms. The molecule has 0 bridgehead atoms. The highest BCUT2D eigenvalue weighted by molar-refractivity contribution is 5.33. The summed E-state index contributed by atoms with van der Waals surface area (Å²) in [6.07, 6.45) is 7.07. The molecule has 0 aliphatic heterocycles. The molecule has 0 spiro atoms. The van der Waals surface area contributed by atoms with Gasteiger partial charge in [0, 0.05) is 25.6 Å². The van der Waals surface area contributed by atoms with Gasteiger partial charge >= 0.3 is 0 Å². The minimum absolute atomic E-state index is 0.113. The van der Waals surface area contributed by atoms with Crippen LogP contribution in [-0.4, -0.2) is 17.8 Å². The van der Waals surface area contributed by atoms with E-state index in [1.807, 2.05) is 4.57 Å². The first kappa shape index (κ1) is 10.2. The van der Waals surface area contributed by atoms with Crippen LogP contribution in [0, 0.1) is 0 Å². The number of anilines is 1. The molecule has 1 aromatic heterocycles. The van der Waals surface area contributed by atoms with Gasteiger partial charge in [-0.05, 0) is 19.3 Å². The molecule has 4 nitrogen and oxygen atoms in total. The van der Waals surface area contributed by atoms with Crippen LogP contribution < -0.4 is 11.2 Å². The zero-order valence-corrected chi connectivity index (χ0v) is 8.85. The van der Waals surface area contributed by atoms with Crippen LogP contribution in [0.5, 0.6) is 0 Å². The molecular weight excluding hydrogens is 192 g/mol. The first-order valence-electron chi connectivity index (χ1n) is 5.22. The Labute approximate surface area is 88.7 Å². The molecular formula is C11H16N2O2. The van der Waals surface area contributed by atoms with Gasteiger partial charge in [0.05, 0.1) is 17.8 Å². The van der Waals surface area contributed by atoms with Gasteiger partial charge in [-0.15, -0.1) is 0 Å². The number of nitrogen functional groups attached to an aromatic ring is 1. The van der Waals surface area contributed by atoms with Gasteiger partial charge in [-0.3, -0.25) is 4.79 Å². The largest absolute Gasteiger partial charge is 0.394 e.